The summed E-state index contributed by atoms with van der Waals surface area (Å²) in [6.45, 7) is 7.33. The van der Waals surface area contributed by atoms with Crippen LogP contribution < -0.4 is 9.80 Å². The van der Waals surface area contributed by atoms with E-state index in [0.717, 1.165) is 93.6 Å². The number of piperazine rings is 1. The highest BCUT2D eigenvalue weighted by Crippen LogP contribution is 2.27. The largest absolute Gasteiger partial charge is 0.478 e. The van der Waals surface area contributed by atoms with Gasteiger partial charge in [-0.2, -0.15) is 5.26 Å². The molecule has 2 aromatic carbocycles. The van der Waals surface area contributed by atoms with E-state index in [1.807, 2.05) is 18.2 Å². The van der Waals surface area contributed by atoms with Gasteiger partial charge in [-0.3, -0.25) is 4.90 Å². The van der Waals surface area contributed by atoms with Crippen LogP contribution in [0.3, 0.4) is 0 Å². The zero-order chi connectivity index (χ0) is 29.3. The molecule has 4 aromatic rings. The van der Waals surface area contributed by atoms with Crippen LogP contribution in [0.2, 0.25) is 0 Å². The Hall–Kier alpha value is -4.46. The zero-order valence-electron chi connectivity index (χ0n) is 24.2. The molecule has 0 unspecified atom stereocenters. The number of aromatic nitrogens is 3. The normalized spacial score (nSPS) is 19.0. The van der Waals surface area contributed by atoms with Gasteiger partial charge in [-0.1, -0.05) is 12.1 Å². The third-order valence-corrected chi connectivity index (χ3v) is 8.93. The van der Waals surface area contributed by atoms with Crippen LogP contribution in [0.4, 0.5) is 11.6 Å². The van der Waals surface area contributed by atoms with Gasteiger partial charge in [-0.15, -0.1) is 0 Å². The number of pyridine rings is 1. The molecule has 2 aromatic heterocycles. The Morgan fingerprint density at radius 1 is 0.977 bits per heavy atom. The first-order valence-electron chi connectivity index (χ1n) is 15.1. The molecule has 10 heteroatoms. The highest BCUT2D eigenvalue weighted by Gasteiger charge is 2.25. The maximum absolute atomic E-state index is 11.6. The van der Waals surface area contributed by atoms with Crippen molar-refractivity contribution < 1.29 is 14.6 Å². The van der Waals surface area contributed by atoms with E-state index < -0.39 is 5.97 Å². The number of hydrogen-bond acceptors (Lipinski definition) is 8. The molecule has 1 N–H and O–H groups in total. The van der Waals surface area contributed by atoms with Gasteiger partial charge >= 0.3 is 5.97 Å². The third kappa shape index (κ3) is 5.66. The van der Waals surface area contributed by atoms with Crippen molar-refractivity contribution in [2.75, 3.05) is 49.1 Å². The minimum atomic E-state index is -0.932. The maximum atomic E-state index is 11.6. The summed E-state index contributed by atoms with van der Waals surface area (Å²) in [6, 6.07) is 19.8. The van der Waals surface area contributed by atoms with Gasteiger partial charge in [0, 0.05) is 45.9 Å². The van der Waals surface area contributed by atoms with E-state index in [-0.39, 0.29) is 11.7 Å². The van der Waals surface area contributed by atoms with Crippen molar-refractivity contribution in [3.63, 3.8) is 0 Å². The number of aryl methyl sites for hydroxylation is 1. The number of carboxylic acid groups (broad SMARTS) is 1. The molecule has 0 spiro atoms. The van der Waals surface area contributed by atoms with Crippen LogP contribution >= 0.6 is 0 Å². The molecule has 10 nitrogen and oxygen atoms in total. The molecule has 0 radical (unpaired) electrons. The number of benzene rings is 2. The lowest BCUT2D eigenvalue weighted by molar-refractivity contribution is -0.0592. The lowest BCUT2D eigenvalue weighted by Gasteiger charge is -2.36. The average Bonchev–Trinajstić information content (AvgIpc) is 3.19. The number of carboxylic acids is 1. The second kappa shape index (κ2) is 11.7. The molecule has 0 bridgehead atoms. The van der Waals surface area contributed by atoms with E-state index in [4.69, 9.17) is 14.7 Å². The molecule has 7 rings (SSSR count). The number of fused-ring (bicyclic) bond motifs is 2. The number of rotatable bonds is 7. The summed E-state index contributed by atoms with van der Waals surface area (Å²) in [4.78, 5) is 28.7. The first kappa shape index (κ1) is 27.4. The Morgan fingerprint density at radius 3 is 2.53 bits per heavy atom. The predicted octanol–water partition coefficient (Wildman–Crippen LogP) is 4.07. The molecular formula is C33H35N7O3. The van der Waals surface area contributed by atoms with Gasteiger partial charge in [0.2, 0.25) is 0 Å². The Kier molecular flexibility index (Phi) is 7.43. The standard InChI is InChI=1S/C33H35N7O3/c34-19-23-6-7-24-3-2-11-39(20-26(24)17-23)31-5-1-4-30(36-31)38-14-12-37(13-15-38)22-32-35-28-9-8-25(33(41)42)18-29(28)40(32)21-27-10-16-43-27/h1,4-9,17-18,27H,2-3,10-16,20-22H2,(H,41,42)/t27-/m0/s1. The summed E-state index contributed by atoms with van der Waals surface area (Å²) in [6.07, 6.45) is 3.22. The first-order valence-corrected chi connectivity index (χ1v) is 15.1. The third-order valence-electron chi connectivity index (χ3n) is 8.93. The maximum Gasteiger partial charge on any atom is 0.335 e. The molecule has 1 atom stereocenters. The van der Waals surface area contributed by atoms with Crippen molar-refractivity contribution in [3.05, 3.63) is 82.7 Å². The number of anilines is 2. The quantitative estimate of drug-likeness (QED) is 0.348. The van der Waals surface area contributed by atoms with Gasteiger partial charge in [0.05, 0.1) is 47.4 Å². The van der Waals surface area contributed by atoms with Crippen LogP contribution in [0, 0.1) is 11.3 Å². The Balaban J connectivity index is 1.04. The fourth-order valence-corrected chi connectivity index (χ4v) is 6.39. The Bertz CT molecular complexity index is 1700. The van der Waals surface area contributed by atoms with E-state index in [1.165, 1.54) is 11.1 Å². The van der Waals surface area contributed by atoms with E-state index in [2.05, 4.69) is 49.6 Å². The number of aromatic carboxylic acids is 1. The summed E-state index contributed by atoms with van der Waals surface area (Å²) in [5.41, 5.74) is 5.19. The van der Waals surface area contributed by atoms with Crippen LogP contribution in [-0.2, 0) is 30.8 Å². The van der Waals surface area contributed by atoms with Crippen molar-refractivity contribution in [2.45, 2.75) is 45.0 Å². The minimum Gasteiger partial charge on any atom is -0.478 e. The Morgan fingerprint density at radius 2 is 1.79 bits per heavy atom. The van der Waals surface area contributed by atoms with Crippen molar-refractivity contribution >= 4 is 28.6 Å². The number of carbonyl (C=O) groups is 1. The second-order valence-electron chi connectivity index (χ2n) is 11.7. The number of nitrogens with zero attached hydrogens (tertiary/aromatic N) is 7. The number of hydrogen-bond donors (Lipinski definition) is 1. The molecule has 3 aliphatic heterocycles. The summed E-state index contributed by atoms with van der Waals surface area (Å²) in [7, 11) is 0. The van der Waals surface area contributed by atoms with Gasteiger partial charge < -0.3 is 24.2 Å². The van der Waals surface area contributed by atoms with Gasteiger partial charge in [-0.25, -0.2) is 14.8 Å². The molecule has 220 valence electrons. The summed E-state index contributed by atoms with van der Waals surface area (Å²) in [5.74, 6) is 1.98. The van der Waals surface area contributed by atoms with E-state index in [1.54, 1.807) is 12.1 Å². The molecule has 0 saturated carbocycles. The van der Waals surface area contributed by atoms with Crippen molar-refractivity contribution in [2.24, 2.45) is 0 Å². The summed E-state index contributed by atoms with van der Waals surface area (Å²) >= 11 is 0. The lowest BCUT2D eigenvalue weighted by atomic mass is 10.0. The molecule has 43 heavy (non-hydrogen) atoms. The SMILES string of the molecule is N#Cc1ccc2c(c1)CN(c1cccc(N3CCN(Cc4nc5ccc(C(=O)O)cc5n4C[C@@H]4CCO4)CC3)n1)CCC2. The van der Waals surface area contributed by atoms with E-state index >= 15 is 0 Å². The van der Waals surface area contributed by atoms with Crippen LogP contribution in [0.15, 0.2) is 54.6 Å². The smallest absolute Gasteiger partial charge is 0.335 e. The lowest BCUT2D eigenvalue weighted by Crippen LogP contribution is -2.46. The van der Waals surface area contributed by atoms with E-state index in [9.17, 15) is 15.2 Å². The fourth-order valence-electron chi connectivity index (χ4n) is 6.39. The van der Waals surface area contributed by atoms with Crippen molar-refractivity contribution in [1.82, 2.24) is 19.4 Å². The van der Waals surface area contributed by atoms with Gasteiger partial charge in [0.25, 0.3) is 0 Å². The topological polar surface area (TPSA) is 111 Å². The van der Waals surface area contributed by atoms with Crippen LogP contribution in [-0.4, -0.2) is 75.9 Å². The predicted molar refractivity (Wildman–Crippen MR) is 163 cm³/mol. The molecule has 2 saturated heterocycles. The molecule has 2 fully saturated rings. The molecular weight excluding hydrogens is 542 g/mol. The number of ether oxygens (including phenoxy) is 1. The second-order valence-corrected chi connectivity index (χ2v) is 11.7. The average molecular weight is 578 g/mol. The highest BCUT2D eigenvalue weighted by atomic mass is 16.5. The van der Waals surface area contributed by atoms with Gasteiger partial charge in [0.1, 0.15) is 17.5 Å². The minimum absolute atomic E-state index is 0.144. The van der Waals surface area contributed by atoms with Gasteiger partial charge in [-0.05, 0) is 72.9 Å². The molecule has 5 heterocycles. The van der Waals surface area contributed by atoms with Crippen LogP contribution in [0.1, 0.15) is 45.7 Å². The number of nitriles is 1. The van der Waals surface area contributed by atoms with Gasteiger partial charge in [0.15, 0.2) is 0 Å². The zero-order valence-corrected chi connectivity index (χ0v) is 24.2. The van der Waals surface area contributed by atoms with Crippen molar-refractivity contribution in [1.29, 1.82) is 5.26 Å². The summed E-state index contributed by atoms with van der Waals surface area (Å²) in [5, 5.41) is 18.9. The van der Waals surface area contributed by atoms with Crippen LogP contribution in [0.5, 0.6) is 0 Å². The Labute approximate surface area is 250 Å². The number of imidazole rings is 1. The molecule has 0 aliphatic carbocycles. The monoisotopic (exact) mass is 577 g/mol. The molecule has 3 aliphatic rings. The highest BCUT2D eigenvalue weighted by molar-refractivity contribution is 5.92. The van der Waals surface area contributed by atoms with Crippen molar-refractivity contribution in [3.8, 4) is 6.07 Å². The first-order chi connectivity index (χ1) is 21.0. The fraction of sp³-hybridized carbons (Fsp3) is 0.394. The van der Waals surface area contributed by atoms with E-state index in [0.29, 0.717) is 18.7 Å². The molecule has 0 amide bonds. The summed E-state index contributed by atoms with van der Waals surface area (Å²) < 4.78 is 7.87. The van der Waals surface area contributed by atoms with Crippen LogP contribution in [0.25, 0.3) is 11.0 Å².